The van der Waals surface area contributed by atoms with Gasteiger partial charge in [0.1, 0.15) is 11.1 Å². The molecule has 0 radical (unpaired) electrons. The van der Waals surface area contributed by atoms with Gasteiger partial charge in [0.15, 0.2) is 0 Å². The summed E-state index contributed by atoms with van der Waals surface area (Å²) >= 11 is 1.37. The number of urea groups is 1. The summed E-state index contributed by atoms with van der Waals surface area (Å²) < 4.78 is 11.9. The van der Waals surface area contributed by atoms with Crippen LogP contribution in [0, 0.1) is 11.3 Å². The number of anilines is 1. The van der Waals surface area contributed by atoms with Crippen molar-refractivity contribution in [2.75, 3.05) is 5.32 Å². The molecule has 84 valence electrons. The zero-order valence-corrected chi connectivity index (χ0v) is 9.29. The summed E-state index contributed by atoms with van der Waals surface area (Å²) in [6, 6.07) is 1.14. The average molecular weight is 239 g/mol. The van der Waals surface area contributed by atoms with Crippen molar-refractivity contribution < 1.29 is 9.28 Å². The first-order valence-corrected chi connectivity index (χ1v) is 5.80. The van der Waals surface area contributed by atoms with E-state index in [-0.39, 0.29) is 0 Å². The van der Waals surface area contributed by atoms with Gasteiger partial charge in [-0.3, -0.25) is 5.32 Å². The number of thiophene rings is 1. The van der Waals surface area contributed by atoms with Crippen LogP contribution in [0.5, 0.6) is 0 Å². The average Bonchev–Trinajstić information content (AvgIpc) is 2.65. The molecule has 0 aromatic carbocycles. The zero-order valence-electron chi connectivity index (χ0n) is 8.47. The highest BCUT2D eigenvalue weighted by Crippen LogP contribution is 2.37. The lowest BCUT2D eigenvalue weighted by Gasteiger charge is -2.09. The molecule has 0 atom stereocenters. The van der Waals surface area contributed by atoms with Gasteiger partial charge >= 0.3 is 6.03 Å². The Kier molecular flexibility index (Phi) is 3.06. The number of nitrogens with zero attached hydrogens (tertiary/aromatic N) is 1. The normalized spacial score (nSPS) is 13.8. The summed E-state index contributed by atoms with van der Waals surface area (Å²) in [5.41, 5.74) is 2.50. The third-order valence-corrected chi connectivity index (χ3v) is 3.80. The number of aryl methyl sites for hydroxylation is 1. The van der Waals surface area contributed by atoms with Gasteiger partial charge in [-0.15, -0.1) is 11.3 Å². The largest absolute Gasteiger partial charge is 0.347 e. The van der Waals surface area contributed by atoms with E-state index in [9.17, 15) is 9.28 Å². The van der Waals surface area contributed by atoms with E-state index in [2.05, 4.69) is 11.4 Å². The van der Waals surface area contributed by atoms with E-state index >= 15 is 0 Å². The van der Waals surface area contributed by atoms with Crippen LogP contribution in [0.1, 0.15) is 28.8 Å². The first-order valence-electron chi connectivity index (χ1n) is 4.98. The van der Waals surface area contributed by atoms with Crippen molar-refractivity contribution in [1.29, 1.82) is 5.26 Å². The smallest absolute Gasteiger partial charge is 0.296 e. The van der Waals surface area contributed by atoms with Gasteiger partial charge in [-0.1, -0.05) is 4.48 Å². The highest BCUT2D eigenvalue weighted by atomic mass is 32.1. The van der Waals surface area contributed by atoms with E-state index in [4.69, 9.17) is 5.26 Å². The van der Waals surface area contributed by atoms with E-state index in [1.165, 1.54) is 11.3 Å². The summed E-state index contributed by atoms with van der Waals surface area (Å²) in [5.74, 6) is 0. The Morgan fingerprint density at radius 3 is 2.88 bits per heavy atom. The number of hydrogen-bond acceptors (Lipinski definition) is 3. The van der Waals surface area contributed by atoms with Crippen molar-refractivity contribution >= 4 is 22.4 Å². The molecule has 0 spiro atoms. The molecule has 0 fully saturated rings. The van der Waals surface area contributed by atoms with Crippen molar-refractivity contribution in [3.8, 4) is 6.07 Å². The molecular weight excluding hydrogens is 229 g/mol. The summed E-state index contributed by atoms with van der Waals surface area (Å²) in [7, 11) is 0. The highest BCUT2D eigenvalue weighted by molar-refractivity contribution is 7.16. The molecule has 2 N–H and O–H groups in total. The SMILES string of the molecule is N#Cc1c(NC(=O)NF)sc2c1CCCC2. The Bertz CT molecular complexity index is 463. The van der Waals surface area contributed by atoms with Crippen molar-refractivity contribution in [2.45, 2.75) is 25.7 Å². The fraction of sp³-hybridized carbons (Fsp3) is 0.400. The predicted octanol–water partition coefficient (Wildman–Crippen LogP) is 2.50. The first kappa shape index (κ1) is 10.9. The lowest BCUT2D eigenvalue weighted by Crippen LogP contribution is -2.21. The van der Waals surface area contributed by atoms with Crippen LogP contribution in [0.2, 0.25) is 0 Å². The maximum atomic E-state index is 11.9. The fourth-order valence-electron chi connectivity index (χ4n) is 1.90. The molecular formula is C10H10FN3OS. The Hall–Kier alpha value is -1.61. The molecule has 1 aliphatic carbocycles. The van der Waals surface area contributed by atoms with Crippen LogP contribution in [0.4, 0.5) is 14.3 Å². The van der Waals surface area contributed by atoms with Gasteiger partial charge in [0.2, 0.25) is 0 Å². The maximum Gasteiger partial charge on any atom is 0.347 e. The molecule has 0 unspecified atom stereocenters. The number of carbonyl (C=O) groups is 1. The maximum absolute atomic E-state index is 11.9. The predicted molar refractivity (Wildman–Crippen MR) is 58.9 cm³/mol. The molecule has 6 heteroatoms. The number of fused-ring (bicyclic) bond motifs is 1. The summed E-state index contributed by atoms with van der Waals surface area (Å²) in [4.78, 5) is 12.0. The zero-order chi connectivity index (χ0) is 11.5. The van der Waals surface area contributed by atoms with Gasteiger partial charge in [0.05, 0.1) is 5.56 Å². The van der Waals surface area contributed by atoms with Gasteiger partial charge in [-0.05, 0) is 31.2 Å². The first-order chi connectivity index (χ1) is 7.76. The van der Waals surface area contributed by atoms with Crippen molar-refractivity contribution in [3.63, 3.8) is 0 Å². The number of nitrogens with one attached hydrogen (secondary N) is 2. The van der Waals surface area contributed by atoms with Crippen molar-refractivity contribution in [3.05, 3.63) is 16.0 Å². The molecule has 0 aliphatic heterocycles. The second-order valence-corrected chi connectivity index (χ2v) is 4.68. The molecule has 2 rings (SSSR count). The number of nitriles is 1. The van der Waals surface area contributed by atoms with Crippen LogP contribution >= 0.6 is 11.3 Å². The van der Waals surface area contributed by atoms with Gasteiger partial charge in [0.25, 0.3) is 0 Å². The quantitative estimate of drug-likeness (QED) is 0.739. The molecule has 1 aromatic rings. The molecule has 0 saturated carbocycles. The Labute approximate surface area is 96.0 Å². The van der Waals surface area contributed by atoms with Crippen LogP contribution in [-0.2, 0) is 12.8 Å². The van der Waals surface area contributed by atoms with Crippen molar-refractivity contribution in [2.24, 2.45) is 0 Å². The highest BCUT2D eigenvalue weighted by Gasteiger charge is 2.21. The minimum Gasteiger partial charge on any atom is -0.296 e. The van der Waals surface area contributed by atoms with E-state index in [1.54, 1.807) is 0 Å². The van der Waals surface area contributed by atoms with Crippen LogP contribution in [0.15, 0.2) is 0 Å². The van der Waals surface area contributed by atoms with E-state index in [0.717, 1.165) is 41.7 Å². The van der Waals surface area contributed by atoms with Gasteiger partial charge < -0.3 is 0 Å². The third kappa shape index (κ3) is 1.86. The Morgan fingerprint density at radius 1 is 1.44 bits per heavy atom. The fourth-order valence-corrected chi connectivity index (χ4v) is 3.13. The van der Waals surface area contributed by atoms with E-state index < -0.39 is 6.03 Å². The van der Waals surface area contributed by atoms with Crippen LogP contribution in [-0.4, -0.2) is 6.03 Å². The minimum atomic E-state index is -0.935. The summed E-state index contributed by atoms with van der Waals surface area (Å²) in [5, 5.41) is 11.8. The van der Waals surface area contributed by atoms with Crippen molar-refractivity contribution in [1.82, 2.24) is 5.54 Å². The molecule has 4 nitrogen and oxygen atoms in total. The lowest BCUT2D eigenvalue weighted by molar-refractivity contribution is 0.230. The Balaban J connectivity index is 2.35. The van der Waals surface area contributed by atoms with Gasteiger partial charge in [-0.25, -0.2) is 4.79 Å². The molecule has 2 amide bonds. The molecule has 1 heterocycles. The number of hydrogen-bond donors (Lipinski definition) is 2. The van der Waals surface area contributed by atoms with Gasteiger partial charge in [-0.2, -0.15) is 10.8 Å². The van der Waals surface area contributed by atoms with Crippen LogP contribution in [0.3, 0.4) is 0 Å². The summed E-state index contributed by atoms with van der Waals surface area (Å²) in [6.45, 7) is 0. The summed E-state index contributed by atoms with van der Waals surface area (Å²) in [6.07, 6.45) is 3.97. The standard InChI is InChI=1S/C10H10FN3OS/c11-14-10(15)13-9-7(5-12)6-3-1-2-4-8(6)16-9/h1-4H2,(H2,13,14,15). The number of carbonyl (C=O) groups excluding carboxylic acids is 1. The second kappa shape index (κ2) is 4.49. The minimum absolute atomic E-state index is 0.449. The lowest BCUT2D eigenvalue weighted by atomic mass is 9.96. The van der Waals surface area contributed by atoms with Crippen LogP contribution in [0.25, 0.3) is 0 Å². The number of rotatable bonds is 1. The monoisotopic (exact) mass is 239 g/mol. The number of amides is 2. The van der Waals surface area contributed by atoms with E-state index in [1.807, 2.05) is 0 Å². The van der Waals surface area contributed by atoms with Gasteiger partial charge in [0, 0.05) is 4.88 Å². The number of halogens is 1. The third-order valence-electron chi connectivity index (χ3n) is 2.60. The topological polar surface area (TPSA) is 64.9 Å². The molecule has 0 bridgehead atoms. The molecule has 16 heavy (non-hydrogen) atoms. The molecule has 0 saturated heterocycles. The Morgan fingerprint density at radius 2 is 2.19 bits per heavy atom. The van der Waals surface area contributed by atoms with E-state index in [0.29, 0.717) is 10.6 Å². The molecule has 1 aliphatic rings. The molecule has 1 aromatic heterocycles. The second-order valence-electron chi connectivity index (χ2n) is 3.58. The van der Waals surface area contributed by atoms with Crippen LogP contribution < -0.4 is 10.9 Å².